The van der Waals surface area contributed by atoms with Crippen LogP contribution < -0.4 is 10.2 Å². The highest BCUT2D eigenvalue weighted by molar-refractivity contribution is 5.56. The van der Waals surface area contributed by atoms with E-state index in [0.717, 1.165) is 6.54 Å². The number of benzene rings is 1. The Morgan fingerprint density at radius 3 is 2.76 bits per heavy atom. The van der Waals surface area contributed by atoms with Crippen molar-refractivity contribution in [2.75, 3.05) is 25.0 Å². The summed E-state index contributed by atoms with van der Waals surface area (Å²) >= 11 is 0. The van der Waals surface area contributed by atoms with Crippen molar-refractivity contribution in [2.24, 2.45) is 5.41 Å². The second kappa shape index (κ2) is 6.39. The first-order chi connectivity index (χ1) is 10.2. The van der Waals surface area contributed by atoms with Gasteiger partial charge in [0.2, 0.25) is 0 Å². The van der Waals surface area contributed by atoms with Crippen LogP contribution in [0.3, 0.4) is 0 Å². The van der Waals surface area contributed by atoms with Crippen LogP contribution in [0.25, 0.3) is 0 Å². The van der Waals surface area contributed by atoms with Gasteiger partial charge in [-0.15, -0.1) is 0 Å². The van der Waals surface area contributed by atoms with E-state index in [2.05, 4.69) is 42.4 Å². The van der Waals surface area contributed by atoms with Crippen molar-refractivity contribution in [3.05, 3.63) is 29.3 Å². The smallest absolute Gasteiger partial charge is 0.0396 e. The quantitative estimate of drug-likeness (QED) is 0.875. The minimum Gasteiger partial charge on any atom is -0.374 e. The monoisotopic (exact) mass is 286 g/mol. The van der Waals surface area contributed by atoms with Crippen LogP contribution >= 0.6 is 0 Å². The molecule has 3 rings (SSSR count). The summed E-state index contributed by atoms with van der Waals surface area (Å²) < 4.78 is 0. The molecule has 1 fully saturated rings. The molecule has 1 heterocycles. The zero-order valence-electron chi connectivity index (χ0n) is 13.8. The number of anilines is 1. The first-order valence-electron chi connectivity index (χ1n) is 8.76. The molecule has 0 atom stereocenters. The summed E-state index contributed by atoms with van der Waals surface area (Å²) in [5.41, 5.74) is 5.02. The third-order valence-electron chi connectivity index (χ3n) is 5.74. The SMILES string of the molecule is CCC1(CNCc2ccc3c(c2)CCCN3C)CCCC1. The summed E-state index contributed by atoms with van der Waals surface area (Å²) in [5, 5.41) is 3.74. The number of rotatable bonds is 5. The maximum Gasteiger partial charge on any atom is 0.0396 e. The number of aryl methyl sites for hydroxylation is 1. The van der Waals surface area contributed by atoms with E-state index >= 15 is 0 Å². The molecule has 1 aromatic rings. The summed E-state index contributed by atoms with van der Waals surface area (Å²) in [5.74, 6) is 0. The van der Waals surface area contributed by atoms with Gasteiger partial charge in [-0.2, -0.15) is 0 Å². The van der Waals surface area contributed by atoms with Crippen LogP contribution in [0.1, 0.15) is 56.6 Å². The molecule has 0 unspecified atom stereocenters. The predicted molar refractivity (Wildman–Crippen MR) is 90.9 cm³/mol. The van der Waals surface area contributed by atoms with Crippen molar-refractivity contribution in [1.82, 2.24) is 5.32 Å². The largest absolute Gasteiger partial charge is 0.374 e. The third-order valence-corrected chi connectivity index (χ3v) is 5.74. The molecule has 0 amide bonds. The van der Waals surface area contributed by atoms with E-state index < -0.39 is 0 Å². The summed E-state index contributed by atoms with van der Waals surface area (Å²) in [6.45, 7) is 5.78. The highest BCUT2D eigenvalue weighted by Gasteiger charge is 2.31. The number of hydrogen-bond acceptors (Lipinski definition) is 2. The number of hydrogen-bond donors (Lipinski definition) is 1. The average molecular weight is 286 g/mol. The van der Waals surface area contributed by atoms with Crippen LogP contribution in [-0.4, -0.2) is 20.1 Å². The van der Waals surface area contributed by atoms with Gasteiger partial charge in [-0.1, -0.05) is 31.9 Å². The van der Waals surface area contributed by atoms with Crippen molar-refractivity contribution >= 4 is 5.69 Å². The zero-order chi connectivity index (χ0) is 14.7. The van der Waals surface area contributed by atoms with Crippen molar-refractivity contribution < 1.29 is 0 Å². The summed E-state index contributed by atoms with van der Waals surface area (Å²) in [6, 6.07) is 7.04. The lowest BCUT2D eigenvalue weighted by molar-refractivity contribution is 0.268. The van der Waals surface area contributed by atoms with Gasteiger partial charge in [0.1, 0.15) is 0 Å². The highest BCUT2D eigenvalue weighted by atomic mass is 15.1. The van der Waals surface area contributed by atoms with Gasteiger partial charge in [-0.25, -0.2) is 0 Å². The predicted octanol–water partition coefficient (Wildman–Crippen LogP) is 4.13. The van der Waals surface area contributed by atoms with Crippen molar-refractivity contribution in [3.63, 3.8) is 0 Å². The van der Waals surface area contributed by atoms with Gasteiger partial charge in [0.15, 0.2) is 0 Å². The lowest BCUT2D eigenvalue weighted by Gasteiger charge is -2.29. The van der Waals surface area contributed by atoms with Crippen LogP contribution in [0.4, 0.5) is 5.69 Å². The molecule has 1 saturated carbocycles. The number of nitrogens with one attached hydrogen (secondary N) is 1. The minimum absolute atomic E-state index is 0.592. The van der Waals surface area contributed by atoms with Gasteiger partial charge in [0, 0.05) is 32.4 Å². The molecule has 21 heavy (non-hydrogen) atoms. The fourth-order valence-electron chi connectivity index (χ4n) is 4.20. The molecule has 2 heteroatoms. The van der Waals surface area contributed by atoms with E-state index in [9.17, 15) is 0 Å². The summed E-state index contributed by atoms with van der Waals surface area (Å²) in [7, 11) is 2.21. The highest BCUT2D eigenvalue weighted by Crippen LogP contribution is 2.40. The standard InChI is InChI=1S/C19H30N2/c1-3-19(10-4-5-11-19)15-20-14-16-8-9-18-17(13-16)7-6-12-21(18)2/h8-9,13,20H,3-7,10-12,14-15H2,1-2H3. The van der Waals surface area contributed by atoms with E-state index in [1.54, 1.807) is 0 Å². The van der Waals surface area contributed by atoms with E-state index in [-0.39, 0.29) is 0 Å². The van der Waals surface area contributed by atoms with Gasteiger partial charge in [0.05, 0.1) is 0 Å². The molecule has 0 spiro atoms. The Bertz CT molecular complexity index is 474. The lowest BCUT2D eigenvalue weighted by Crippen LogP contribution is -2.31. The van der Waals surface area contributed by atoms with Crippen LogP contribution in [0, 0.1) is 5.41 Å². The molecule has 1 aliphatic carbocycles. The summed E-state index contributed by atoms with van der Waals surface area (Å²) in [6.07, 6.45) is 9.57. The molecule has 0 aromatic heterocycles. The van der Waals surface area contributed by atoms with Crippen LogP contribution in [0.15, 0.2) is 18.2 Å². The van der Waals surface area contributed by atoms with Crippen LogP contribution in [-0.2, 0) is 13.0 Å². The Morgan fingerprint density at radius 1 is 1.19 bits per heavy atom. The minimum atomic E-state index is 0.592. The first-order valence-corrected chi connectivity index (χ1v) is 8.76. The Balaban J connectivity index is 1.58. The normalized spacial score (nSPS) is 20.6. The van der Waals surface area contributed by atoms with Gasteiger partial charge in [-0.3, -0.25) is 0 Å². The second-order valence-electron chi connectivity index (χ2n) is 7.15. The van der Waals surface area contributed by atoms with E-state index in [0.29, 0.717) is 5.41 Å². The number of nitrogens with zero attached hydrogens (tertiary/aromatic N) is 1. The molecule has 1 N–H and O–H groups in total. The van der Waals surface area contributed by atoms with Crippen molar-refractivity contribution in [2.45, 2.75) is 58.4 Å². The molecule has 116 valence electrons. The van der Waals surface area contributed by atoms with Gasteiger partial charge < -0.3 is 10.2 Å². The maximum atomic E-state index is 3.74. The molecular formula is C19H30N2. The van der Waals surface area contributed by atoms with Gasteiger partial charge >= 0.3 is 0 Å². The molecule has 0 bridgehead atoms. The summed E-state index contributed by atoms with van der Waals surface area (Å²) in [4.78, 5) is 2.39. The van der Waals surface area contributed by atoms with E-state index in [1.165, 1.54) is 74.8 Å². The van der Waals surface area contributed by atoms with Crippen molar-refractivity contribution in [3.8, 4) is 0 Å². The molecule has 0 saturated heterocycles. The topological polar surface area (TPSA) is 15.3 Å². The third kappa shape index (κ3) is 3.26. The molecular weight excluding hydrogens is 256 g/mol. The Labute approximate surface area is 129 Å². The fourth-order valence-corrected chi connectivity index (χ4v) is 4.20. The van der Waals surface area contributed by atoms with E-state index in [1.807, 2.05) is 0 Å². The fraction of sp³-hybridized carbons (Fsp3) is 0.684. The van der Waals surface area contributed by atoms with Gasteiger partial charge in [0.25, 0.3) is 0 Å². The van der Waals surface area contributed by atoms with Crippen LogP contribution in [0.2, 0.25) is 0 Å². The molecule has 0 radical (unpaired) electrons. The number of fused-ring (bicyclic) bond motifs is 1. The Kier molecular flexibility index (Phi) is 4.54. The van der Waals surface area contributed by atoms with Crippen LogP contribution in [0.5, 0.6) is 0 Å². The molecule has 1 aromatic carbocycles. The molecule has 2 aliphatic rings. The lowest BCUT2D eigenvalue weighted by atomic mass is 9.83. The average Bonchev–Trinajstić information content (AvgIpc) is 2.97. The zero-order valence-corrected chi connectivity index (χ0v) is 13.8. The maximum absolute atomic E-state index is 3.74. The van der Waals surface area contributed by atoms with Gasteiger partial charge in [-0.05, 0) is 54.7 Å². The Hall–Kier alpha value is -1.02. The van der Waals surface area contributed by atoms with Crippen molar-refractivity contribution in [1.29, 1.82) is 0 Å². The van der Waals surface area contributed by atoms with E-state index in [4.69, 9.17) is 0 Å². The first kappa shape index (κ1) is 14.9. The second-order valence-corrected chi connectivity index (χ2v) is 7.15. The Morgan fingerprint density at radius 2 is 2.00 bits per heavy atom. The molecule has 1 aliphatic heterocycles. The molecule has 2 nitrogen and oxygen atoms in total.